The first kappa shape index (κ1) is 11.0. The molecular formula is C11H23NO. The van der Waals surface area contributed by atoms with Gasteiger partial charge < -0.3 is 10.5 Å². The number of ether oxygens (including phenoxy) is 1. The van der Waals surface area contributed by atoms with Crippen LogP contribution in [-0.2, 0) is 4.74 Å². The molecule has 2 N–H and O–H groups in total. The second-order valence-corrected chi connectivity index (χ2v) is 4.13. The number of hydrogen-bond donors (Lipinski definition) is 1. The van der Waals surface area contributed by atoms with Gasteiger partial charge in [0.2, 0.25) is 0 Å². The average molecular weight is 185 g/mol. The molecule has 1 aliphatic rings. The maximum Gasteiger partial charge on any atom is 0.0590 e. The Morgan fingerprint density at radius 1 is 1.23 bits per heavy atom. The summed E-state index contributed by atoms with van der Waals surface area (Å²) in [5, 5.41) is 0. The molecule has 0 radical (unpaired) electrons. The standard InChI is InChI=1S/C11H23NO/c1-2-3-4-5-8-13-11-7-6-10(12)9-11/h10-11H,2-9,12H2,1H3/t10-,11-/m0/s1. The third-order valence-corrected chi connectivity index (χ3v) is 2.78. The fourth-order valence-electron chi connectivity index (χ4n) is 1.90. The summed E-state index contributed by atoms with van der Waals surface area (Å²) >= 11 is 0. The molecule has 0 spiro atoms. The maximum absolute atomic E-state index is 5.80. The van der Waals surface area contributed by atoms with Crippen molar-refractivity contribution in [3.8, 4) is 0 Å². The normalized spacial score (nSPS) is 28.2. The zero-order chi connectivity index (χ0) is 9.52. The number of hydrogen-bond acceptors (Lipinski definition) is 2. The van der Waals surface area contributed by atoms with Gasteiger partial charge in [0.25, 0.3) is 0 Å². The topological polar surface area (TPSA) is 35.2 Å². The predicted octanol–water partition coefficient (Wildman–Crippen LogP) is 2.46. The van der Waals surface area contributed by atoms with E-state index in [1.165, 1.54) is 32.1 Å². The highest BCUT2D eigenvalue weighted by atomic mass is 16.5. The molecule has 2 heteroatoms. The SMILES string of the molecule is CCCCCCO[C@H]1CC[C@H](N)C1. The Bertz CT molecular complexity index is 127. The summed E-state index contributed by atoms with van der Waals surface area (Å²) < 4.78 is 5.74. The third-order valence-electron chi connectivity index (χ3n) is 2.78. The monoisotopic (exact) mass is 185 g/mol. The molecule has 2 nitrogen and oxygen atoms in total. The minimum atomic E-state index is 0.403. The van der Waals surface area contributed by atoms with E-state index in [1.807, 2.05) is 0 Å². The molecule has 0 saturated heterocycles. The second-order valence-electron chi connectivity index (χ2n) is 4.13. The molecule has 0 unspecified atom stereocenters. The fraction of sp³-hybridized carbons (Fsp3) is 1.00. The summed E-state index contributed by atoms with van der Waals surface area (Å²) in [6, 6.07) is 0.403. The van der Waals surface area contributed by atoms with Gasteiger partial charge in [-0.1, -0.05) is 26.2 Å². The molecule has 0 aliphatic heterocycles. The highest BCUT2D eigenvalue weighted by molar-refractivity contribution is 4.77. The Hall–Kier alpha value is -0.0800. The van der Waals surface area contributed by atoms with E-state index >= 15 is 0 Å². The van der Waals surface area contributed by atoms with Crippen LogP contribution < -0.4 is 5.73 Å². The summed E-state index contributed by atoms with van der Waals surface area (Å²) in [6.07, 6.45) is 9.05. The molecule has 1 aliphatic carbocycles. The van der Waals surface area contributed by atoms with E-state index in [2.05, 4.69) is 6.92 Å². The summed E-state index contributed by atoms with van der Waals surface area (Å²) in [6.45, 7) is 3.17. The van der Waals surface area contributed by atoms with E-state index in [-0.39, 0.29) is 0 Å². The fourth-order valence-corrected chi connectivity index (χ4v) is 1.90. The Morgan fingerprint density at radius 3 is 2.69 bits per heavy atom. The van der Waals surface area contributed by atoms with Gasteiger partial charge in [-0.3, -0.25) is 0 Å². The maximum atomic E-state index is 5.80. The van der Waals surface area contributed by atoms with E-state index in [0.717, 1.165) is 19.4 Å². The Balaban J connectivity index is 1.88. The van der Waals surface area contributed by atoms with Crippen LogP contribution in [0.1, 0.15) is 51.9 Å². The molecule has 1 rings (SSSR count). The highest BCUT2D eigenvalue weighted by Crippen LogP contribution is 2.20. The minimum Gasteiger partial charge on any atom is -0.378 e. The second kappa shape index (κ2) is 6.39. The van der Waals surface area contributed by atoms with Crippen molar-refractivity contribution < 1.29 is 4.74 Å². The van der Waals surface area contributed by atoms with Gasteiger partial charge in [0.15, 0.2) is 0 Å². The lowest BCUT2D eigenvalue weighted by molar-refractivity contribution is 0.0548. The van der Waals surface area contributed by atoms with E-state index in [1.54, 1.807) is 0 Å². The third kappa shape index (κ3) is 4.63. The van der Waals surface area contributed by atoms with Gasteiger partial charge in [-0.2, -0.15) is 0 Å². The van der Waals surface area contributed by atoms with Crippen LogP contribution in [0.15, 0.2) is 0 Å². The number of nitrogens with two attached hydrogens (primary N) is 1. The van der Waals surface area contributed by atoms with Crippen LogP contribution in [0.4, 0.5) is 0 Å². The lowest BCUT2D eigenvalue weighted by Gasteiger charge is -2.10. The van der Waals surface area contributed by atoms with E-state index in [0.29, 0.717) is 12.1 Å². The predicted molar refractivity (Wildman–Crippen MR) is 55.7 cm³/mol. The highest BCUT2D eigenvalue weighted by Gasteiger charge is 2.21. The molecule has 0 bridgehead atoms. The van der Waals surface area contributed by atoms with E-state index < -0.39 is 0 Å². The first-order valence-electron chi connectivity index (χ1n) is 5.70. The molecule has 0 amide bonds. The zero-order valence-electron chi connectivity index (χ0n) is 8.80. The first-order chi connectivity index (χ1) is 6.33. The lowest BCUT2D eigenvalue weighted by Crippen LogP contribution is -2.17. The van der Waals surface area contributed by atoms with Gasteiger partial charge >= 0.3 is 0 Å². The molecule has 2 atom stereocenters. The average Bonchev–Trinajstić information content (AvgIpc) is 2.51. The van der Waals surface area contributed by atoms with Crippen molar-refractivity contribution in [2.45, 2.75) is 64.0 Å². The van der Waals surface area contributed by atoms with Gasteiger partial charge in [0, 0.05) is 12.6 Å². The molecule has 1 fully saturated rings. The van der Waals surface area contributed by atoms with Gasteiger partial charge in [0.05, 0.1) is 6.10 Å². The molecular weight excluding hydrogens is 162 g/mol. The number of unbranched alkanes of at least 4 members (excludes halogenated alkanes) is 3. The van der Waals surface area contributed by atoms with Crippen LogP contribution in [-0.4, -0.2) is 18.8 Å². The molecule has 0 aromatic heterocycles. The van der Waals surface area contributed by atoms with Gasteiger partial charge in [-0.05, 0) is 25.7 Å². The quantitative estimate of drug-likeness (QED) is 0.645. The zero-order valence-corrected chi connectivity index (χ0v) is 8.80. The first-order valence-corrected chi connectivity index (χ1v) is 5.70. The van der Waals surface area contributed by atoms with Gasteiger partial charge in [-0.25, -0.2) is 0 Å². The van der Waals surface area contributed by atoms with Crippen LogP contribution >= 0.6 is 0 Å². The van der Waals surface area contributed by atoms with Crippen LogP contribution in [0.25, 0.3) is 0 Å². The van der Waals surface area contributed by atoms with Gasteiger partial charge in [-0.15, -0.1) is 0 Å². The van der Waals surface area contributed by atoms with Crippen molar-refractivity contribution >= 4 is 0 Å². The molecule has 0 aromatic carbocycles. The Morgan fingerprint density at radius 2 is 2.08 bits per heavy atom. The van der Waals surface area contributed by atoms with Crippen LogP contribution in [0.3, 0.4) is 0 Å². The van der Waals surface area contributed by atoms with Gasteiger partial charge in [0.1, 0.15) is 0 Å². The van der Waals surface area contributed by atoms with Crippen LogP contribution in [0, 0.1) is 0 Å². The summed E-state index contributed by atoms with van der Waals surface area (Å²) in [5.41, 5.74) is 5.80. The van der Waals surface area contributed by atoms with E-state index in [9.17, 15) is 0 Å². The van der Waals surface area contributed by atoms with Crippen molar-refractivity contribution in [3.63, 3.8) is 0 Å². The molecule has 0 heterocycles. The molecule has 0 aromatic rings. The van der Waals surface area contributed by atoms with Crippen LogP contribution in [0.5, 0.6) is 0 Å². The summed E-state index contributed by atoms with van der Waals surface area (Å²) in [5.74, 6) is 0. The molecule has 1 saturated carbocycles. The smallest absolute Gasteiger partial charge is 0.0590 e. The van der Waals surface area contributed by atoms with Crippen molar-refractivity contribution in [1.82, 2.24) is 0 Å². The molecule has 13 heavy (non-hydrogen) atoms. The van der Waals surface area contributed by atoms with Crippen LogP contribution in [0.2, 0.25) is 0 Å². The summed E-state index contributed by atoms with van der Waals surface area (Å²) in [4.78, 5) is 0. The Labute approximate surface area is 81.8 Å². The minimum absolute atomic E-state index is 0.403. The van der Waals surface area contributed by atoms with Crippen molar-refractivity contribution in [1.29, 1.82) is 0 Å². The van der Waals surface area contributed by atoms with Crippen molar-refractivity contribution in [2.24, 2.45) is 5.73 Å². The molecule has 78 valence electrons. The van der Waals surface area contributed by atoms with E-state index in [4.69, 9.17) is 10.5 Å². The van der Waals surface area contributed by atoms with Crippen molar-refractivity contribution in [3.05, 3.63) is 0 Å². The number of rotatable bonds is 6. The Kier molecular flexibility index (Phi) is 5.40. The van der Waals surface area contributed by atoms with Crippen molar-refractivity contribution in [2.75, 3.05) is 6.61 Å². The lowest BCUT2D eigenvalue weighted by atomic mass is 10.2. The largest absolute Gasteiger partial charge is 0.378 e. The summed E-state index contributed by atoms with van der Waals surface area (Å²) in [7, 11) is 0.